The summed E-state index contributed by atoms with van der Waals surface area (Å²) in [5, 5.41) is 10.6. The molecule has 0 amide bonds. The van der Waals surface area contributed by atoms with Gasteiger partial charge in [-0.2, -0.15) is 0 Å². The van der Waals surface area contributed by atoms with Gasteiger partial charge in [0.25, 0.3) is 0 Å². The molecule has 0 bridgehead atoms. The molecular weight excluding hydrogens is 1380 g/mol. The van der Waals surface area contributed by atoms with Crippen LogP contribution in [0.1, 0.15) is 285 Å². The molecule has 0 saturated heterocycles. The summed E-state index contributed by atoms with van der Waals surface area (Å²) < 4.78 is 68.5. The molecule has 0 aromatic carbocycles. The highest BCUT2D eigenvalue weighted by molar-refractivity contribution is 7.47. The number of hydrogen-bond acceptors (Lipinski definition) is 15. The molecule has 0 spiro atoms. The predicted octanol–water partition coefficient (Wildman–Crippen LogP) is 23.6. The molecule has 0 fully saturated rings. The molecule has 0 aromatic rings. The largest absolute Gasteiger partial charge is 0.472 e. The highest BCUT2D eigenvalue weighted by atomic mass is 31.2. The maximum absolute atomic E-state index is 13.1. The van der Waals surface area contributed by atoms with Crippen molar-refractivity contribution in [3.05, 3.63) is 182 Å². The molecule has 17 nitrogen and oxygen atoms in total. The normalized spacial score (nSPS) is 14.8. The minimum Gasteiger partial charge on any atom is -0.462 e. The van der Waals surface area contributed by atoms with Crippen LogP contribution in [-0.4, -0.2) is 96.7 Å². The number of hydrogen-bond donors (Lipinski definition) is 3. The SMILES string of the molecule is CC/C=C\C/C=C\C/C=C\C/C=C\C/C=C\CCCCCC(=O)OCC(COP(=O)(O)OCC(O)COP(=O)(O)OCC(COC(=O)CCCCCCCC/C=C\C/C=C\C/C=C\C/C=C\CC)OC(=O)CCCCCCC/C=C\C/C=C\CCC)OC(=O)CCCC/C=C\C/C=C\C/C=C\C/C=C\CC. The van der Waals surface area contributed by atoms with Crippen molar-refractivity contribution in [2.45, 2.75) is 303 Å². The number of carbonyl (C=O) groups is 4. The van der Waals surface area contributed by atoms with Crippen molar-refractivity contribution in [3.8, 4) is 0 Å². The Bertz CT molecular complexity index is 2730. The molecule has 106 heavy (non-hydrogen) atoms. The Morgan fingerprint density at radius 3 is 0.783 bits per heavy atom. The van der Waals surface area contributed by atoms with Gasteiger partial charge in [-0.1, -0.05) is 268 Å². The van der Waals surface area contributed by atoms with E-state index in [-0.39, 0.29) is 25.7 Å². The number of ether oxygens (including phenoxy) is 4. The Morgan fingerprint density at radius 1 is 0.274 bits per heavy atom. The fourth-order valence-electron chi connectivity index (χ4n) is 9.85. The lowest BCUT2D eigenvalue weighted by molar-refractivity contribution is -0.161. The maximum atomic E-state index is 13.1. The zero-order valence-corrected chi connectivity index (χ0v) is 67.3. The summed E-state index contributed by atoms with van der Waals surface area (Å²) in [6, 6.07) is 0. The Hall–Kier alpha value is -5.84. The van der Waals surface area contributed by atoms with Gasteiger partial charge in [-0.05, 0) is 173 Å². The van der Waals surface area contributed by atoms with Crippen molar-refractivity contribution in [2.24, 2.45) is 0 Å². The number of unbranched alkanes of at least 4 members (excludes halogenated alkanes) is 17. The second-order valence-corrected chi connectivity index (χ2v) is 28.8. The molecule has 0 aliphatic heterocycles. The summed E-state index contributed by atoms with van der Waals surface area (Å²) in [6.07, 6.45) is 93.0. The van der Waals surface area contributed by atoms with E-state index in [0.29, 0.717) is 32.1 Å². The smallest absolute Gasteiger partial charge is 0.462 e. The molecular formula is C87H140O17P2. The first-order valence-corrected chi connectivity index (χ1v) is 43.0. The van der Waals surface area contributed by atoms with Crippen molar-refractivity contribution < 1.29 is 80.2 Å². The van der Waals surface area contributed by atoms with Gasteiger partial charge in [0.2, 0.25) is 0 Å². The first-order valence-electron chi connectivity index (χ1n) is 40.0. The Balaban J connectivity index is 5.44. The number of allylic oxidation sites excluding steroid dienone is 30. The second kappa shape index (κ2) is 77.3. The maximum Gasteiger partial charge on any atom is 0.472 e. The number of rotatable bonds is 73. The average molecular weight is 1520 g/mol. The van der Waals surface area contributed by atoms with Crippen LogP contribution in [0.15, 0.2) is 182 Å². The first kappa shape index (κ1) is 100. The minimum atomic E-state index is -5.01. The summed E-state index contributed by atoms with van der Waals surface area (Å²) in [7, 11) is -10.0. The summed E-state index contributed by atoms with van der Waals surface area (Å²) in [5.41, 5.74) is 0. The van der Waals surface area contributed by atoms with Crippen molar-refractivity contribution in [1.29, 1.82) is 0 Å². The number of phosphoric acid groups is 2. The second-order valence-electron chi connectivity index (χ2n) is 25.9. The third kappa shape index (κ3) is 76.4. The van der Waals surface area contributed by atoms with E-state index in [4.69, 9.17) is 37.0 Å². The Morgan fingerprint density at radius 2 is 0.491 bits per heavy atom. The number of phosphoric ester groups is 2. The third-order valence-electron chi connectivity index (χ3n) is 15.8. The standard InChI is InChI=1S/C87H140O17P2/c1-5-9-13-17-21-25-29-33-36-38-40-42-45-48-51-55-59-63-67-71-84(89)97-77-82(103-86(91)73-69-65-61-57-53-47-32-28-24-20-16-12-8-4)79-101-105(93,94)99-75-81(88)76-100-106(95,96)102-80-83(104-87(92)74-70-66-62-58-54-50-44-35-31-27-23-19-15-11-7-3)78-98-85(90)72-68-64-60-56-52-49-46-43-41-39-37-34-30-26-22-18-14-10-6-2/h9-11,13-16,20-23,25-28,32-37,40-44,49,52,54,58,81-83,88H,5-8,12,17-19,24,29-31,38-39,45-48,50-51,53,55-57,59-80H2,1-4H3,(H,93,94)(H,95,96)/b13-9-,14-10-,15-11-,20-16-,25-21-,26-22-,27-23-,32-28-,36-33-,37-34-,42-40-,43-41-,44-35-,52-49-,58-54-. The van der Waals surface area contributed by atoms with E-state index >= 15 is 0 Å². The molecule has 3 N–H and O–H groups in total. The molecule has 5 unspecified atom stereocenters. The quantitative estimate of drug-likeness (QED) is 0.0169. The fraction of sp³-hybridized carbons (Fsp3) is 0.609. The van der Waals surface area contributed by atoms with Gasteiger partial charge in [0.1, 0.15) is 19.3 Å². The zero-order valence-electron chi connectivity index (χ0n) is 65.5. The Kier molecular flexibility index (Phi) is 73.1. The third-order valence-corrected chi connectivity index (χ3v) is 17.7. The molecule has 0 radical (unpaired) electrons. The van der Waals surface area contributed by atoms with Crippen LogP contribution >= 0.6 is 15.6 Å². The lowest BCUT2D eigenvalue weighted by Crippen LogP contribution is -2.30. The molecule has 0 rings (SSSR count). The topological polar surface area (TPSA) is 237 Å². The van der Waals surface area contributed by atoms with E-state index < -0.39 is 97.5 Å². The summed E-state index contributed by atoms with van der Waals surface area (Å²) >= 11 is 0. The highest BCUT2D eigenvalue weighted by Gasteiger charge is 2.30. The average Bonchev–Trinajstić information content (AvgIpc) is 0.933. The Labute approximate surface area is 641 Å². The lowest BCUT2D eigenvalue weighted by Gasteiger charge is -2.21. The summed E-state index contributed by atoms with van der Waals surface area (Å²) in [4.78, 5) is 73.0. The van der Waals surface area contributed by atoms with Crippen LogP contribution in [-0.2, 0) is 65.4 Å². The molecule has 0 heterocycles. The van der Waals surface area contributed by atoms with Gasteiger partial charge in [-0.15, -0.1) is 0 Å². The van der Waals surface area contributed by atoms with Gasteiger partial charge in [-0.25, -0.2) is 9.13 Å². The molecule has 5 atom stereocenters. The highest BCUT2D eigenvalue weighted by Crippen LogP contribution is 2.45. The molecule has 0 saturated carbocycles. The zero-order chi connectivity index (χ0) is 77.4. The van der Waals surface area contributed by atoms with E-state index in [1.165, 1.54) is 0 Å². The molecule has 19 heteroatoms. The minimum absolute atomic E-state index is 0.0276. The van der Waals surface area contributed by atoms with E-state index in [9.17, 15) is 43.2 Å². The fourth-order valence-corrected chi connectivity index (χ4v) is 11.4. The van der Waals surface area contributed by atoms with Crippen molar-refractivity contribution >= 4 is 39.5 Å². The van der Waals surface area contributed by atoms with Gasteiger partial charge < -0.3 is 33.8 Å². The molecule has 0 aliphatic carbocycles. The molecule has 0 aliphatic rings. The van der Waals surface area contributed by atoms with E-state index in [1.807, 2.05) is 0 Å². The van der Waals surface area contributed by atoms with E-state index in [2.05, 4.69) is 210 Å². The number of aliphatic hydroxyl groups excluding tert-OH is 1. The van der Waals surface area contributed by atoms with Crippen LogP contribution in [0.3, 0.4) is 0 Å². The van der Waals surface area contributed by atoms with Gasteiger partial charge in [0, 0.05) is 25.7 Å². The molecule has 600 valence electrons. The van der Waals surface area contributed by atoms with Gasteiger partial charge in [-0.3, -0.25) is 37.3 Å². The van der Waals surface area contributed by atoms with Crippen molar-refractivity contribution in [2.75, 3.05) is 39.6 Å². The van der Waals surface area contributed by atoms with E-state index in [1.54, 1.807) is 0 Å². The van der Waals surface area contributed by atoms with Crippen molar-refractivity contribution in [1.82, 2.24) is 0 Å². The number of carbonyl (C=O) groups excluding carboxylic acids is 4. The summed E-state index contributed by atoms with van der Waals surface area (Å²) in [5.74, 6) is -2.31. The predicted molar refractivity (Wildman–Crippen MR) is 436 cm³/mol. The monoisotopic (exact) mass is 1520 g/mol. The first-order chi connectivity index (χ1) is 51.7. The van der Waals surface area contributed by atoms with Crippen LogP contribution in [0.25, 0.3) is 0 Å². The van der Waals surface area contributed by atoms with Crippen LogP contribution in [0.4, 0.5) is 0 Å². The van der Waals surface area contributed by atoms with Crippen LogP contribution in [0.5, 0.6) is 0 Å². The van der Waals surface area contributed by atoms with Crippen LogP contribution < -0.4 is 0 Å². The number of aliphatic hydroxyl groups is 1. The van der Waals surface area contributed by atoms with Crippen LogP contribution in [0, 0.1) is 0 Å². The van der Waals surface area contributed by atoms with Gasteiger partial charge in [0.05, 0.1) is 26.4 Å². The molecule has 0 aromatic heterocycles. The lowest BCUT2D eigenvalue weighted by atomic mass is 10.1. The van der Waals surface area contributed by atoms with Crippen LogP contribution in [0.2, 0.25) is 0 Å². The van der Waals surface area contributed by atoms with E-state index in [0.717, 1.165) is 199 Å². The summed E-state index contributed by atoms with van der Waals surface area (Å²) in [6.45, 7) is 4.33. The van der Waals surface area contributed by atoms with Gasteiger partial charge in [0.15, 0.2) is 12.2 Å². The van der Waals surface area contributed by atoms with Gasteiger partial charge >= 0.3 is 39.5 Å². The van der Waals surface area contributed by atoms with Crippen molar-refractivity contribution in [3.63, 3.8) is 0 Å². The number of esters is 4.